The maximum atomic E-state index is 11.6. The number of furan rings is 1. The van der Waals surface area contributed by atoms with E-state index in [0.717, 1.165) is 6.07 Å². The normalized spacial score (nSPS) is 11.5. The molecule has 0 bridgehead atoms. The summed E-state index contributed by atoms with van der Waals surface area (Å²) in [5, 5.41) is 21.4. The summed E-state index contributed by atoms with van der Waals surface area (Å²) in [5.74, 6) is -1.17. The van der Waals surface area contributed by atoms with Crippen LogP contribution in [0.25, 0.3) is 0 Å². The van der Waals surface area contributed by atoms with Gasteiger partial charge in [-0.2, -0.15) is 5.26 Å². The zero-order valence-electron chi connectivity index (χ0n) is 9.17. The standard InChI is InChI=1S/C10H11N3O4/c1-2-7(5-6-11)12-10(14)8-3-4-9(17-8)13(15)16/h3-4,7H,2,5H2,1H3,(H,12,14). The summed E-state index contributed by atoms with van der Waals surface area (Å²) in [4.78, 5) is 21.2. The third-order valence-corrected chi connectivity index (χ3v) is 2.16. The van der Waals surface area contributed by atoms with Crippen LogP contribution < -0.4 is 5.32 Å². The highest BCUT2D eigenvalue weighted by atomic mass is 16.6. The first-order valence-corrected chi connectivity index (χ1v) is 5.00. The van der Waals surface area contributed by atoms with Crippen molar-refractivity contribution in [1.29, 1.82) is 5.26 Å². The topological polar surface area (TPSA) is 109 Å². The minimum Gasteiger partial charge on any atom is -0.395 e. The summed E-state index contributed by atoms with van der Waals surface area (Å²) >= 11 is 0. The summed E-state index contributed by atoms with van der Waals surface area (Å²) < 4.78 is 4.74. The van der Waals surface area contributed by atoms with Gasteiger partial charge in [-0.25, -0.2) is 0 Å². The molecule has 17 heavy (non-hydrogen) atoms. The first-order valence-electron chi connectivity index (χ1n) is 5.00. The minimum atomic E-state index is -0.719. The van der Waals surface area contributed by atoms with E-state index in [0.29, 0.717) is 6.42 Å². The van der Waals surface area contributed by atoms with Crippen LogP contribution in [-0.2, 0) is 0 Å². The van der Waals surface area contributed by atoms with Gasteiger partial charge in [0.25, 0.3) is 5.91 Å². The van der Waals surface area contributed by atoms with Crippen LogP contribution in [-0.4, -0.2) is 16.9 Å². The Bertz CT molecular complexity index is 460. The van der Waals surface area contributed by atoms with Crippen molar-refractivity contribution in [1.82, 2.24) is 5.32 Å². The quantitative estimate of drug-likeness (QED) is 0.617. The molecule has 0 aliphatic heterocycles. The van der Waals surface area contributed by atoms with Gasteiger partial charge in [-0.05, 0) is 12.5 Å². The summed E-state index contributed by atoms with van der Waals surface area (Å²) in [6.07, 6.45) is 0.785. The van der Waals surface area contributed by atoms with E-state index in [1.54, 1.807) is 0 Å². The number of nitrogens with one attached hydrogen (secondary N) is 1. The number of carbonyl (C=O) groups is 1. The summed E-state index contributed by atoms with van der Waals surface area (Å²) in [6.45, 7) is 1.83. The van der Waals surface area contributed by atoms with Crippen LogP contribution in [0, 0.1) is 21.4 Å². The maximum Gasteiger partial charge on any atom is 0.433 e. The van der Waals surface area contributed by atoms with Gasteiger partial charge in [-0.3, -0.25) is 14.9 Å². The zero-order chi connectivity index (χ0) is 12.8. The molecule has 1 rings (SSSR count). The van der Waals surface area contributed by atoms with Gasteiger partial charge >= 0.3 is 5.88 Å². The lowest BCUT2D eigenvalue weighted by Crippen LogP contribution is -2.33. The molecule has 1 amide bonds. The fourth-order valence-corrected chi connectivity index (χ4v) is 1.21. The maximum absolute atomic E-state index is 11.6. The van der Waals surface area contributed by atoms with Crippen molar-refractivity contribution in [2.75, 3.05) is 0 Å². The molecule has 1 aromatic heterocycles. The number of hydrogen-bond acceptors (Lipinski definition) is 5. The van der Waals surface area contributed by atoms with Crippen LogP contribution in [0.15, 0.2) is 16.5 Å². The number of nitro groups is 1. The second-order valence-electron chi connectivity index (χ2n) is 3.34. The molecule has 1 heterocycles. The fourth-order valence-electron chi connectivity index (χ4n) is 1.21. The van der Waals surface area contributed by atoms with Crippen LogP contribution in [0.5, 0.6) is 0 Å². The second kappa shape index (κ2) is 5.65. The first-order chi connectivity index (χ1) is 8.08. The average Bonchev–Trinajstić information content (AvgIpc) is 2.77. The average molecular weight is 237 g/mol. The fraction of sp³-hybridized carbons (Fsp3) is 0.400. The third-order valence-electron chi connectivity index (χ3n) is 2.16. The van der Waals surface area contributed by atoms with Crippen molar-refractivity contribution >= 4 is 11.8 Å². The molecule has 7 heteroatoms. The van der Waals surface area contributed by atoms with E-state index in [1.807, 2.05) is 13.0 Å². The van der Waals surface area contributed by atoms with Gasteiger partial charge < -0.3 is 9.73 Å². The van der Waals surface area contributed by atoms with Gasteiger partial charge in [0.05, 0.1) is 18.6 Å². The number of nitrogens with zero attached hydrogens (tertiary/aromatic N) is 2. The Balaban J connectivity index is 2.69. The van der Waals surface area contributed by atoms with Gasteiger partial charge in [-0.15, -0.1) is 0 Å². The predicted octanol–water partition coefficient (Wildman–Crippen LogP) is 1.61. The number of hydrogen-bond donors (Lipinski definition) is 1. The number of nitriles is 1. The van der Waals surface area contributed by atoms with E-state index >= 15 is 0 Å². The second-order valence-corrected chi connectivity index (χ2v) is 3.34. The van der Waals surface area contributed by atoms with E-state index in [2.05, 4.69) is 5.32 Å². The van der Waals surface area contributed by atoms with Gasteiger partial charge in [0.1, 0.15) is 4.92 Å². The molecule has 0 aliphatic rings. The Morgan fingerprint density at radius 3 is 2.88 bits per heavy atom. The molecular weight excluding hydrogens is 226 g/mol. The van der Waals surface area contributed by atoms with Crippen LogP contribution in [0.3, 0.4) is 0 Å². The van der Waals surface area contributed by atoms with Crippen molar-refractivity contribution < 1.29 is 14.1 Å². The largest absolute Gasteiger partial charge is 0.433 e. The predicted molar refractivity (Wildman–Crippen MR) is 57.1 cm³/mol. The summed E-state index contributed by atoms with van der Waals surface area (Å²) in [7, 11) is 0. The molecule has 7 nitrogen and oxygen atoms in total. The summed E-state index contributed by atoms with van der Waals surface area (Å²) in [6, 6.07) is 4.00. The smallest absolute Gasteiger partial charge is 0.395 e. The molecular formula is C10H11N3O4. The van der Waals surface area contributed by atoms with Gasteiger partial charge in [0, 0.05) is 6.04 Å². The molecule has 0 radical (unpaired) electrons. The number of rotatable bonds is 5. The Morgan fingerprint density at radius 1 is 1.71 bits per heavy atom. The van der Waals surface area contributed by atoms with Crippen molar-refractivity contribution in [3.8, 4) is 6.07 Å². The van der Waals surface area contributed by atoms with Crippen LogP contribution >= 0.6 is 0 Å². The van der Waals surface area contributed by atoms with Crippen LogP contribution in [0.2, 0.25) is 0 Å². The lowest BCUT2D eigenvalue weighted by Gasteiger charge is -2.11. The Kier molecular flexibility index (Phi) is 4.22. The van der Waals surface area contributed by atoms with E-state index in [-0.39, 0.29) is 18.2 Å². The Morgan fingerprint density at radius 2 is 2.41 bits per heavy atom. The molecule has 1 unspecified atom stereocenters. The van der Waals surface area contributed by atoms with Crippen molar-refractivity contribution in [2.24, 2.45) is 0 Å². The molecule has 0 saturated heterocycles. The van der Waals surface area contributed by atoms with E-state index in [1.165, 1.54) is 6.07 Å². The highest BCUT2D eigenvalue weighted by Gasteiger charge is 2.19. The lowest BCUT2D eigenvalue weighted by molar-refractivity contribution is -0.402. The molecule has 1 N–H and O–H groups in total. The van der Waals surface area contributed by atoms with Gasteiger partial charge in [0.2, 0.25) is 0 Å². The van der Waals surface area contributed by atoms with E-state index < -0.39 is 16.7 Å². The minimum absolute atomic E-state index is 0.131. The molecule has 0 aliphatic carbocycles. The van der Waals surface area contributed by atoms with Gasteiger partial charge in [-0.1, -0.05) is 6.92 Å². The van der Waals surface area contributed by atoms with Crippen molar-refractivity contribution in [2.45, 2.75) is 25.8 Å². The molecule has 0 spiro atoms. The highest BCUT2D eigenvalue weighted by Crippen LogP contribution is 2.15. The summed E-state index contributed by atoms with van der Waals surface area (Å²) in [5.41, 5.74) is 0. The van der Waals surface area contributed by atoms with Crippen LogP contribution in [0.1, 0.15) is 30.3 Å². The monoisotopic (exact) mass is 237 g/mol. The van der Waals surface area contributed by atoms with E-state index in [4.69, 9.17) is 9.68 Å². The Labute approximate surface area is 97.2 Å². The molecule has 0 saturated carbocycles. The molecule has 90 valence electrons. The third kappa shape index (κ3) is 3.31. The SMILES string of the molecule is CCC(CC#N)NC(=O)c1ccc([N+](=O)[O-])o1. The van der Waals surface area contributed by atoms with E-state index in [9.17, 15) is 14.9 Å². The highest BCUT2D eigenvalue weighted by molar-refractivity contribution is 5.91. The molecule has 1 atom stereocenters. The number of amides is 1. The molecule has 0 aromatic carbocycles. The van der Waals surface area contributed by atoms with Crippen molar-refractivity contribution in [3.05, 3.63) is 28.0 Å². The number of carbonyl (C=O) groups excluding carboxylic acids is 1. The Hall–Kier alpha value is -2.36. The van der Waals surface area contributed by atoms with Crippen molar-refractivity contribution in [3.63, 3.8) is 0 Å². The van der Waals surface area contributed by atoms with Crippen LogP contribution in [0.4, 0.5) is 5.88 Å². The first kappa shape index (κ1) is 12.7. The lowest BCUT2D eigenvalue weighted by atomic mass is 10.1. The van der Waals surface area contributed by atoms with Gasteiger partial charge in [0.15, 0.2) is 5.76 Å². The zero-order valence-corrected chi connectivity index (χ0v) is 9.17. The molecule has 1 aromatic rings. The molecule has 0 fully saturated rings.